The first-order valence-electron chi connectivity index (χ1n) is 8.79. The summed E-state index contributed by atoms with van der Waals surface area (Å²) in [4.78, 5) is 30.0. The molecule has 7 heteroatoms. The van der Waals surface area contributed by atoms with Gasteiger partial charge in [-0.2, -0.15) is 0 Å². The second kappa shape index (κ2) is 8.42. The first-order valence-corrected chi connectivity index (χ1v) is 8.79. The second-order valence-corrected chi connectivity index (χ2v) is 6.64. The molecule has 7 nitrogen and oxygen atoms in total. The smallest absolute Gasteiger partial charge is 0.248 e. The molecule has 2 amide bonds. The Morgan fingerprint density at radius 1 is 1.04 bits per heavy atom. The Morgan fingerprint density at radius 2 is 1.72 bits per heavy atom. The normalized spacial score (nSPS) is 22.7. The number of benzene rings is 1. The molecule has 2 saturated heterocycles. The molecule has 0 radical (unpaired) electrons. The van der Waals surface area contributed by atoms with Crippen molar-refractivity contribution in [2.75, 3.05) is 52.4 Å². The van der Waals surface area contributed by atoms with Crippen LogP contribution in [0.3, 0.4) is 0 Å². The molecule has 3 rings (SSSR count). The van der Waals surface area contributed by atoms with E-state index in [9.17, 15) is 9.59 Å². The third kappa shape index (κ3) is 5.01. The number of carbonyl (C=O) groups excluding carboxylic acids is 2. The van der Waals surface area contributed by atoms with Crippen LogP contribution in [0.1, 0.15) is 5.56 Å². The predicted octanol–water partition coefficient (Wildman–Crippen LogP) is -0.483. The van der Waals surface area contributed by atoms with E-state index in [0.717, 1.165) is 32.7 Å². The summed E-state index contributed by atoms with van der Waals surface area (Å²) in [6.45, 7) is 6.16. The minimum Gasteiger partial charge on any atom is -0.367 e. The number of carbonyl (C=O) groups is 2. The van der Waals surface area contributed by atoms with Crippen molar-refractivity contribution in [3.8, 4) is 0 Å². The number of piperazine rings is 1. The number of ether oxygens (including phenoxy) is 1. The summed E-state index contributed by atoms with van der Waals surface area (Å²) in [5.41, 5.74) is 6.59. The van der Waals surface area contributed by atoms with Crippen molar-refractivity contribution in [1.82, 2.24) is 14.7 Å². The number of nitrogens with zero attached hydrogens (tertiary/aromatic N) is 3. The van der Waals surface area contributed by atoms with Crippen molar-refractivity contribution in [1.29, 1.82) is 0 Å². The molecule has 0 unspecified atom stereocenters. The van der Waals surface area contributed by atoms with Crippen molar-refractivity contribution in [3.05, 3.63) is 35.9 Å². The first kappa shape index (κ1) is 17.8. The van der Waals surface area contributed by atoms with Crippen LogP contribution < -0.4 is 5.73 Å². The minimum absolute atomic E-state index is 0.0473. The van der Waals surface area contributed by atoms with E-state index in [1.807, 2.05) is 6.07 Å². The zero-order chi connectivity index (χ0) is 17.6. The Morgan fingerprint density at radius 3 is 2.40 bits per heavy atom. The summed E-state index contributed by atoms with van der Waals surface area (Å²) in [7, 11) is 0. The lowest BCUT2D eigenvalue weighted by molar-refractivity contribution is -0.146. The molecule has 0 aliphatic carbocycles. The molecule has 1 aromatic rings. The van der Waals surface area contributed by atoms with Gasteiger partial charge in [-0.25, -0.2) is 0 Å². The van der Waals surface area contributed by atoms with Gasteiger partial charge in [-0.05, 0) is 5.56 Å². The van der Waals surface area contributed by atoms with E-state index in [-0.39, 0.29) is 12.5 Å². The van der Waals surface area contributed by atoms with E-state index in [1.54, 1.807) is 4.90 Å². The second-order valence-electron chi connectivity index (χ2n) is 6.64. The molecule has 136 valence electrons. The molecule has 2 fully saturated rings. The quantitative estimate of drug-likeness (QED) is 0.779. The van der Waals surface area contributed by atoms with Crippen molar-refractivity contribution in [2.45, 2.75) is 12.6 Å². The molecule has 0 spiro atoms. The highest BCUT2D eigenvalue weighted by Crippen LogP contribution is 2.10. The maximum atomic E-state index is 12.5. The highest BCUT2D eigenvalue weighted by atomic mass is 16.5. The average molecular weight is 346 g/mol. The van der Waals surface area contributed by atoms with Crippen LogP contribution in [0.4, 0.5) is 0 Å². The Labute approximate surface area is 148 Å². The molecule has 1 aromatic carbocycles. The Balaban J connectivity index is 1.42. The topological polar surface area (TPSA) is 79.1 Å². The third-order valence-corrected chi connectivity index (χ3v) is 4.81. The summed E-state index contributed by atoms with van der Waals surface area (Å²) in [6.07, 6.45) is -0.680. The van der Waals surface area contributed by atoms with Gasteiger partial charge in [0.2, 0.25) is 11.8 Å². The number of nitrogens with two attached hydrogens (primary N) is 1. The van der Waals surface area contributed by atoms with E-state index in [1.165, 1.54) is 5.56 Å². The molecule has 0 aromatic heterocycles. The number of rotatable bonds is 5. The number of amides is 2. The zero-order valence-electron chi connectivity index (χ0n) is 14.5. The molecule has 2 aliphatic rings. The van der Waals surface area contributed by atoms with Gasteiger partial charge in [0.25, 0.3) is 0 Å². The van der Waals surface area contributed by atoms with Gasteiger partial charge in [-0.3, -0.25) is 19.4 Å². The molecule has 25 heavy (non-hydrogen) atoms. The summed E-state index contributed by atoms with van der Waals surface area (Å²) in [5, 5.41) is 0. The fourth-order valence-electron chi connectivity index (χ4n) is 3.29. The number of hydrogen-bond acceptors (Lipinski definition) is 5. The Hall–Kier alpha value is -1.96. The minimum atomic E-state index is -0.680. The van der Waals surface area contributed by atoms with Crippen LogP contribution in [-0.2, 0) is 20.9 Å². The van der Waals surface area contributed by atoms with Crippen molar-refractivity contribution >= 4 is 11.8 Å². The van der Waals surface area contributed by atoms with Gasteiger partial charge in [0.05, 0.1) is 19.7 Å². The van der Waals surface area contributed by atoms with Gasteiger partial charge in [0, 0.05) is 39.3 Å². The van der Waals surface area contributed by atoms with Gasteiger partial charge >= 0.3 is 0 Å². The molecule has 0 bridgehead atoms. The van der Waals surface area contributed by atoms with E-state index < -0.39 is 12.0 Å². The molecule has 2 N–H and O–H groups in total. The Bertz CT molecular complexity index is 587. The fourth-order valence-corrected chi connectivity index (χ4v) is 3.29. The lowest BCUT2D eigenvalue weighted by Crippen LogP contribution is -2.54. The zero-order valence-corrected chi connectivity index (χ0v) is 14.5. The molecular formula is C18H26N4O3. The van der Waals surface area contributed by atoms with Crippen LogP contribution in [0.5, 0.6) is 0 Å². The molecule has 2 heterocycles. The number of primary amides is 1. The summed E-state index contributed by atoms with van der Waals surface area (Å²) in [6, 6.07) is 10.4. The average Bonchev–Trinajstić information content (AvgIpc) is 2.64. The largest absolute Gasteiger partial charge is 0.367 e. The standard InChI is InChI=1S/C18H26N4O3/c19-18(24)16-13-22(10-11-25-16)17(23)14-21-8-6-20(7-9-21)12-15-4-2-1-3-5-15/h1-5,16H,6-14H2,(H2,19,24)/t16-/m0/s1. The van der Waals surface area contributed by atoms with E-state index in [4.69, 9.17) is 10.5 Å². The lowest BCUT2D eigenvalue weighted by Gasteiger charge is -2.37. The monoisotopic (exact) mass is 346 g/mol. The molecule has 2 aliphatic heterocycles. The maximum Gasteiger partial charge on any atom is 0.248 e. The predicted molar refractivity (Wildman–Crippen MR) is 93.7 cm³/mol. The van der Waals surface area contributed by atoms with Crippen molar-refractivity contribution in [2.24, 2.45) is 5.73 Å². The highest BCUT2D eigenvalue weighted by molar-refractivity contribution is 5.82. The Kier molecular flexibility index (Phi) is 6.01. The van der Waals surface area contributed by atoms with Crippen molar-refractivity contribution < 1.29 is 14.3 Å². The molecule has 1 atom stereocenters. The van der Waals surface area contributed by atoms with Crippen LogP contribution in [0.15, 0.2) is 30.3 Å². The fraction of sp³-hybridized carbons (Fsp3) is 0.556. The van der Waals surface area contributed by atoms with Gasteiger partial charge in [-0.1, -0.05) is 30.3 Å². The first-order chi connectivity index (χ1) is 12.1. The van der Waals surface area contributed by atoms with E-state index >= 15 is 0 Å². The number of morpholine rings is 1. The molecular weight excluding hydrogens is 320 g/mol. The van der Waals surface area contributed by atoms with Gasteiger partial charge in [-0.15, -0.1) is 0 Å². The van der Waals surface area contributed by atoms with E-state index in [2.05, 4.69) is 34.1 Å². The van der Waals surface area contributed by atoms with Crippen LogP contribution >= 0.6 is 0 Å². The third-order valence-electron chi connectivity index (χ3n) is 4.81. The van der Waals surface area contributed by atoms with Crippen LogP contribution in [0.25, 0.3) is 0 Å². The summed E-state index contributed by atoms with van der Waals surface area (Å²) in [5.74, 6) is -0.460. The van der Waals surface area contributed by atoms with Crippen LogP contribution in [0, 0.1) is 0 Å². The SMILES string of the molecule is NC(=O)[C@@H]1CN(C(=O)CN2CCN(Cc3ccccc3)CC2)CCO1. The van der Waals surface area contributed by atoms with E-state index in [0.29, 0.717) is 19.7 Å². The lowest BCUT2D eigenvalue weighted by atomic mass is 10.2. The van der Waals surface area contributed by atoms with Gasteiger partial charge in [0.1, 0.15) is 0 Å². The maximum absolute atomic E-state index is 12.5. The number of hydrogen-bond donors (Lipinski definition) is 1. The van der Waals surface area contributed by atoms with Gasteiger partial charge in [0.15, 0.2) is 6.10 Å². The van der Waals surface area contributed by atoms with Gasteiger partial charge < -0.3 is 15.4 Å². The van der Waals surface area contributed by atoms with Crippen LogP contribution in [-0.4, -0.2) is 85.0 Å². The van der Waals surface area contributed by atoms with Crippen LogP contribution in [0.2, 0.25) is 0 Å². The summed E-state index contributed by atoms with van der Waals surface area (Å²) >= 11 is 0. The van der Waals surface area contributed by atoms with Crippen molar-refractivity contribution in [3.63, 3.8) is 0 Å². The summed E-state index contributed by atoms with van der Waals surface area (Å²) < 4.78 is 5.29. The molecule has 0 saturated carbocycles. The highest BCUT2D eigenvalue weighted by Gasteiger charge is 2.29.